The van der Waals surface area contributed by atoms with Crippen molar-refractivity contribution in [3.8, 4) is 0 Å². The third kappa shape index (κ3) is 4.57. The summed E-state index contributed by atoms with van der Waals surface area (Å²) in [5.41, 5.74) is 4.71. The molecule has 1 heterocycles. The standard InChI is InChI=1S/C24H25N3O2S2/c1-2-18-8-3-5-11-22(18)26-24(30)25-20-13-15-21(16-14-20)31(28,29)27-17-7-10-19-9-4-6-12-23(19)27/h3-6,8-9,11-16H,2,7,10,17H2,1H3,(H2,25,26,30). The van der Waals surface area contributed by atoms with Crippen molar-refractivity contribution < 1.29 is 8.42 Å². The lowest BCUT2D eigenvalue weighted by Gasteiger charge is -2.30. The van der Waals surface area contributed by atoms with E-state index >= 15 is 0 Å². The first-order valence-electron chi connectivity index (χ1n) is 10.4. The number of para-hydroxylation sites is 2. The van der Waals surface area contributed by atoms with Gasteiger partial charge >= 0.3 is 0 Å². The van der Waals surface area contributed by atoms with Gasteiger partial charge in [-0.3, -0.25) is 4.31 Å². The first-order valence-corrected chi connectivity index (χ1v) is 12.2. The van der Waals surface area contributed by atoms with Gasteiger partial charge in [-0.15, -0.1) is 0 Å². The lowest BCUT2D eigenvalue weighted by molar-refractivity contribution is 0.586. The van der Waals surface area contributed by atoms with E-state index in [0.29, 0.717) is 11.7 Å². The molecule has 0 radical (unpaired) electrons. The van der Waals surface area contributed by atoms with E-state index in [-0.39, 0.29) is 4.90 Å². The van der Waals surface area contributed by atoms with Crippen molar-refractivity contribution in [2.75, 3.05) is 21.5 Å². The van der Waals surface area contributed by atoms with Crippen LogP contribution in [0.1, 0.15) is 24.5 Å². The lowest BCUT2D eigenvalue weighted by Crippen LogP contribution is -2.35. The molecule has 0 fully saturated rings. The number of fused-ring (bicyclic) bond motifs is 1. The monoisotopic (exact) mass is 451 g/mol. The molecular weight excluding hydrogens is 426 g/mol. The molecule has 0 saturated heterocycles. The fourth-order valence-electron chi connectivity index (χ4n) is 3.82. The van der Waals surface area contributed by atoms with Crippen molar-refractivity contribution in [2.24, 2.45) is 0 Å². The summed E-state index contributed by atoms with van der Waals surface area (Å²) >= 11 is 5.43. The van der Waals surface area contributed by atoms with Gasteiger partial charge in [0.05, 0.1) is 10.6 Å². The van der Waals surface area contributed by atoms with Gasteiger partial charge in [0.15, 0.2) is 5.11 Å². The zero-order chi connectivity index (χ0) is 21.8. The van der Waals surface area contributed by atoms with Gasteiger partial charge in [-0.1, -0.05) is 43.3 Å². The topological polar surface area (TPSA) is 61.4 Å². The number of benzene rings is 3. The second-order valence-corrected chi connectivity index (χ2v) is 9.69. The molecule has 0 spiro atoms. The third-order valence-electron chi connectivity index (χ3n) is 5.41. The van der Waals surface area contributed by atoms with Gasteiger partial charge in [-0.05, 0) is 79.0 Å². The number of thiocarbonyl (C=S) groups is 1. The molecule has 0 unspecified atom stereocenters. The maximum Gasteiger partial charge on any atom is 0.264 e. The van der Waals surface area contributed by atoms with Crippen LogP contribution in [0.3, 0.4) is 0 Å². The average Bonchev–Trinajstić information content (AvgIpc) is 2.79. The van der Waals surface area contributed by atoms with Gasteiger partial charge in [-0.25, -0.2) is 8.42 Å². The summed E-state index contributed by atoms with van der Waals surface area (Å²) in [4.78, 5) is 0.268. The number of nitrogens with zero attached hydrogens (tertiary/aromatic N) is 1. The summed E-state index contributed by atoms with van der Waals surface area (Å²) in [6.07, 6.45) is 2.61. The normalized spacial score (nSPS) is 13.4. The molecule has 0 amide bonds. The molecule has 1 aliphatic rings. The Kier molecular flexibility index (Phi) is 6.25. The summed E-state index contributed by atoms with van der Waals surface area (Å²) in [5, 5.41) is 6.80. The van der Waals surface area contributed by atoms with Gasteiger partial charge in [0.25, 0.3) is 10.0 Å². The highest BCUT2D eigenvalue weighted by molar-refractivity contribution is 7.92. The van der Waals surface area contributed by atoms with Crippen molar-refractivity contribution in [1.82, 2.24) is 0 Å². The Morgan fingerprint density at radius 2 is 1.68 bits per heavy atom. The highest BCUT2D eigenvalue weighted by atomic mass is 32.2. The molecule has 5 nitrogen and oxygen atoms in total. The summed E-state index contributed by atoms with van der Waals surface area (Å²) in [5.74, 6) is 0. The van der Waals surface area contributed by atoms with Crippen molar-refractivity contribution in [2.45, 2.75) is 31.1 Å². The van der Waals surface area contributed by atoms with E-state index in [1.165, 1.54) is 9.87 Å². The molecule has 3 aromatic rings. The van der Waals surface area contributed by atoms with Crippen LogP contribution in [0.5, 0.6) is 0 Å². The molecular formula is C24H25N3O2S2. The van der Waals surface area contributed by atoms with Crippen molar-refractivity contribution in [3.05, 3.63) is 83.9 Å². The zero-order valence-electron chi connectivity index (χ0n) is 17.3. The fraction of sp³-hybridized carbons (Fsp3) is 0.208. The molecule has 0 aliphatic carbocycles. The third-order valence-corrected chi connectivity index (χ3v) is 7.45. The maximum atomic E-state index is 13.3. The van der Waals surface area contributed by atoms with Crippen LogP contribution < -0.4 is 14.9 Å². The molecule has 4 rings (SSSR count). The molecule has 160 valence electrons. The predicted molar refractivity (Wildman–Crippen MR) is 131 cm³/mol. The Morgan fingerprint density at radius 1 is 0.968 bits per heavy atom. The van der Waals surface area contributed by atoms with Gasteiger partial charge in [0, 0.05) is 17.9 Å². The Hall–Kier alpha value is -2.90. The number of hydrogen-bond donors (Lipinski definition) is 2. The Labute approximate surface area is 189 Å². The van der Waals surface area contributed by atoms with Gasteiger partial charge in [0.1, 0.15) is 0 Å². The molecule has 31 heavy (non-hydrogen) atoms. The predicted octanol–water partition coefficient (Wildman–Crippen LogP) is 5.20. The summed E-state index contributed by atoms with van der Waals surface area (Å²) in [6.45, 7) is 2.58. The molecule has 3 aromatic carbocycles. The second kappa shape index (κ2) is 9.08. The lowest BCUT2D eigenvalue weighted by atomic mass is 10.0. The van der Waals surface area contributed by atoms with Crippen molar-refractivity contribution in [3.63, 3.8) is 0 Å². The van der Waals surface area contributed by atoms with Crippen LogP contribution in [0.25, 0.3) is 0 Å². The van der Waals surface area contributed by atoms with Crippen LogP contribution >= 0.6 is 12.2 Å². The summed E-state index contributed by atoms with van der Waals surface area (Å²) in [6, 6.07) is 22.4. The summed E-state index contributed by atoms with van der Waals surface area (Å²) in [7, 11) is -3.62. The summed E-state index contributed by atoms with van der Waals surface area (Å²) < 4.78 is 28.0. The van der Waals surface area contributed by atoms with Gasteiger partial charge in [-0.2, -0.15) is 0 Å². The molecule has 0 saturated carbocycles. The number of aryl methyl sites for hydroxylation is 2. The van der Waals surface area contributed by atoms with E-state index in [2.05, 4.69) is 23.6 Å². The second-order valence-electron chi connectivity index (χ2n) is 7.42. The van der Waals surface area contributed by atoms with Crippen molar-refractivity contribution in [1.29, 1.82) is 0 Å². The van der Waals surface area contributed by atoms with E-state index in [9.17, 15) is 8.42 Å². The molecule has 0 atom stereocenters. The number of rotatable bonds is 5. The maximum absolute atomic E-state index is 13.3. The van der Waals surface area contributed by atoms with E-state index < -0.39 is 10.0 Å². The van der Waals surface area contributed by atoms with Crippen molar-refractivity contribution >= 4 is 44.4 Å². The van der Waals surface area contributed by atoms with Crippen LogP contribution in [-0.2, 0) is 22.9 Å². The van der Waals surface area contributed by atoms with Crippen LogP contribution in [0.4, 0.5) is 17.1 Å². The molecule has 0 aromatic heterocycles. The van der Waals surface area contributed by atoms with Crippen LogP contribution in [0.2, 0.25) is 0 Å². The Morgan fingerprint density at radius 3 is 2.45 bits per heavy atom. The average molecular weight is 452 g/mol. The number of hydrogen-bond acceptors (Lipinski definition) is 3. The first kappa shape index (κ1) is 21.3. The largest absolute Gasteiger partial charge is 0.332 e. The highest BCUT2D eigenvalue weighted by Gasteiger charge is 2.28. The van der Waals surface area contributed by atoms with E-state index in [4.69, 9.17) is 12.2 Å². The molecule has 0 bridgehead atoms. The molecule has 7 heteroatoms. The zero-order valence-corrected chi connectivity index (χ0v) is 19.0. The molecule has 1 aliphatic heterocycles. The minimum Gasteiger partial charge on any atom is -0.332 e. The first-order chi connectivity index (χ1) is 15.0. The van der Waals surface area contributed by atoms with Gasteiger partial charge in [0.2, 0.25) is 0 Å². The number of nitrogens with one attached hydrogen (secondary N) is 2. The smallest absolute Gasteiger partial charge is 0.264 e. The van der Waals surface area contributed by atoms with E-state index in [1.54, 1.807) is 24.3 Å². The van der Waals surface area contributed by atoms with E-state index in [1.807, 2.05) is 42.5 Å². The SMILES string of the molecule is CCc1ccccc1NC(=S)Nc1ccc(S(=O)(=O)N2CCCc3ccccc32)cc1. The minimum absolute atomic E-state index is 0.268. The van der Waals surface area contributed by atoms with Gasteiger partial charge < -0.3 is 10.6 Å². The number of sulfonamides is 1. The Balaban J connectivity index is 1.49. The highest BCUT2D eigenvalue weighted by Crippen LogP contribution is 2.32. The fourth-order valence-corrected chi connectivity index (χ4v) is 5.59. The minimum atomic E-state index is -3.62. The Bertz CT molecular complexity index is 1190. The quantitative estimate of drug-likeness (QED) is 0.522. The van der Waals surface area contributed by atoms with Crippen LogP contribution in [0, 0.1) is 0 Å². The molecule has 2 N–H and O–H groups in total. The van der Waals surface area contributed by atoms with Crippen LogP contribution in [0.15, 0.2) is 77.7 Å². The van der Waals surface area contributed by atoms with E-state index in [0.717, 1.165) is 41.9 Å². The van der Waals surface area contributed by atoms with Crippen LogP contribution in [-0.4, -0.2) is 20.1 Å². The number of anilines is 3.